The van der Waals surface area contributed by atoms with Gasteiger partial charge >= 0.3 is 0 Å². The minimum Gasteiger partial charge on any atom is -0.507 e. The van der Waals surface area contributed by atoms with Crippen LogP contribution in [0.4, 0.5) is 0 Å². The molecule has 0 radical (unpaired) electrons. The Bertz CT molecular complexity index is 310. The topological polar surface area (TPSA) is 96.1 Å². The molecule has 0 unspecified atom stereocenters. The predicted molar refractivity (Wildman–Crippen MR) is 58.4 cm³/mol. The lowest BCUT2D eigenvalue weighted by Crippen LogP contribution is -2.11. The summed E-state index contributed by atoms with van der Waals surface area (Å²) >= 11 is 0. The van der Waals surface area contributed by atoms with E-state index in [-0.39, 0.29) is 11.6 Å². The van der Waals surface area contributed by atoms with Gasteiger partial charge in [-0.15, -0.1) is 0 Å². The van der Waals surface area contributed by atoms with Gasteiger partial charge in [-0.1, -0.05) is 19.9 Å². The van der Waals surface area contributed by atoms with Crippen LogP contribution >= 0.6 is 0 Å². The number of hydrogen-bond acceptors (Lipinski definition) is 3. The zero-order valence-electron chi connectivity index (χ0n) is 8.54. The SMILES string of the molecule is CC.N=C(N)c1ccc(CN)cc1O. The van der Waals surface area contributed by atoms with Crippen LogP contribution in [0, 0.1) is 5.41 Å². The average molecular weight is 195 g/mol. The van der Waals surface area contributed by atoms with Gasteiger partial charge in [0.05, 0.1) is 5.56 Å². The van der Waals surface area contributed by atoms with Crippen LogP contribution in [-0.4, -0.2) is 10.9 Å². The minimum atomic E-state index is -0.143. The zero-order valence-corrected chi connectivity index (χ0v) is 8.54. The normalized spacial score (nSPS) is 8.79. The summed E-state index contributed by atoms with van der Waals surface area (Å²) < 4.78 is 0. The Morgan fingerprint density at radius 3 is 2.36 bits per heavy atom. The van der Waals surface area contributed by atoms with Crippen LogP contribution in [0.25, 0.3) is 0 Å². The summed E-state index contributed by atoms with van der Waals surface area (Å²) in [4.78, 5) is 0. The second-order valence-electron chi connectivity index (χ2n) is 2.47. The molecule has 0 aliphatic rings. The maximum atomic E-state index is 9.32. The smallest absolute Gasteiger partial charge is 0.126 e. The Morgan fingerprint density at radius 1 is 1.43 bits per heavy atom. The molecule has 1 aromatic carbocycles. The number of aromatic hydroxyl groups is 1. The van der Waals surface area contributed by atoms with E-state index in [9.17, 15) is 5.11 Å². The molecule has 6 N–H and O–H groups in total. The molecule has 0 aromatic heterocycles. The fourth-order valence-electron chi connectivity index (χ4n) is 0.932. The first-order valence-corrected chi connectivity index (χ1v) is 4.51. The van der Waals surface area contributed by atoms with E-state index in [0.29, 0.717) is 12.1 Å². The van der Waals surface area contributed by atoms with Gasteiger partial charge in [-0.3, -0.25) is 5.41 Å². The van der Waals surface area contributed by atoms with Crippen LogP contribution in [0.15, 0.2) is 18.2 Å². The highest BCUT2D eigenvalue weighted by molar-refractivity contribution is 5.97. The van der Waals surface area contributed by atoms with Crippen LogP contribution < -0.4 is 11.5 Å². The lowest BCUT2D eigenvalue weighted by Gasteiger charge is -2.03. The van der Waals surface area contributed by atoms with E-state index < -0.39 is 0 Å². The zero-order chi connectivity index (χ0) is 11.1. The third kappa shape index (κ3) is 3.06. The van der Waals surface area contributed by atoms with Crippen LogP contribution in [0.3, 0.4) is 0 Å². The standard InChI is InChI=1S/C8H11N3O.C2H6/c9-4-5-1-2-6(8(10)11)7(12)3-5;1-2/h1-3,12H,4,9H2,(H3,10,11);1-2H3. The molecule has 0 aliphatic carbocycles. The van der Waals surface area contributed by atoms with E-state index in [1.54, 1.807) is 12.1 Å². The quantitative estimate of drug-likeness (QED) is 0.421. The van der Waals surface area contributed by atoms with Crippen molar-refractivity contribution in [2.75, 3.05) is 0 Å². The first-order chi connectivity index (χ1) is 6.65. The van der Waals surface area contributed by atoms with Gasteiger partial charge in [0.2, 0.25) is 0 Å². The molecule has 1 rings (SSSR count). The minimum absolute atomic E-state index is 0.00505. The number of phenolic OH excluding ortho intramolecular Hbond substituents is 1. The van der Waals surface area contributed by atoms with E-state index in [1.807, 2.05) is 13.8 Å². The highest BCUT2D eigenvalue weighted by Crippen LogP contribution is 2.17. The third-order valence-corrected chi connectivity index (χ3v) is 1.59. The number of nitrogen functional groups attached to an aromatic ring is 1. The molecule has 0 spiro atoms. The van der Waals surface area contributed by atoms with Crippen LogP contribution in [0.5, 0.6) is 5.75 Å². The van der Waals surface area contributed by atoms with Crippen molar-refractivity contribution in [2.45, 2.75) is 20.4 Å². The van der Waals surface area contributed by atoms with Crippen molar-refractivity contribution in [1.82, 2.24) is 0 Å². The van der Waals surface area contributed by atoms with Crippen molar-refractivity contribution in [3.8, 4) is 5.75 Å². The van der Waals surface area contributed by atoms with Crippen LogP contribution in [0.2, 0.25) is 0 Å². The monoisotopic (exact) mass is 195 g/mol. The Kier molecular flexibility index (Phi) is 5.33. The fourth-order valence-corrected chi connectivity index (χ4v) is 0.932. The first kappa shape index (κ1) is 12.4. The van der Waals surface area contributed by atoms with E-state index in [4.69, 9.17) is 16.9 Å². The van der Waals surface area contributed by atoms with Crippen molar-refractivity contribution in [3.63, 3.8) is 0 Å². The van der Waals surface area contributed by atoms with Crippen molar-refractivity contribution in [3.05, 3.63) is 29.3 Å². The molecule has 0 saturated carbocycles. The number of amidine groups is 1. The van der Waals surface area contributed by atoms with Crippen molar-refractivity contribution in [1.29, 1.82) is 5.41 Å². The lowest BCUT2D eigenvalue weighted by molar-refractivity contribution is 0.473. The molecule has 0 aliphatic heterocycles. The van der Waals surface area contributed by atoms with E-state index in [1.165, 1.54) is 6.07 Å². The Balaban J connectivity index is 0.000000791. The van der Waals surface area contributed by atoms with Gasteiger partial charge in [-0.25, -0.2) is 0 Å². The molecule has 78 valence electrons. The summed E-state index contributed by atoms with van der Waals surface area (Å²) in [7, 11) is 0. The van der Waals surface area contributed by atoms with Gasteiger partial charge in [0.25, 0.3) is 0 Å². The second kappa shape index (κ2) is 5.99. The summed E-state index contributed by atoms with van der Waals surface area (Å²) in [5.41, 5.74) is 11.7. The van der Waals surface area contributed by atoms with Gasteiger partial charge in [-0.2, -0.15) is 0 Å². The molecule has 0 fully saturated rings. The Hall–Kier alpha value is -1.55. The second-order valence-corrected chi connectivity index (χ2v) is 2.47. The highest BCUT2D eigenvalue weighted by atomic mass is 16.3. The number of hydrogen-bond donors (Lipinski definition) is 4. The van der Waals surface area contributed by atoms with Gasteiger partial charge in [0, 0.05) is 6.54 Å². The molecule has 1 aromatic rings. The van der Waals surface area contributed by atoms with E-state index in [0.717, 1.165) is 5.56 Å². The van der Waals surface area contributed by atoms with Crippen LogP contribution in [0.1, 0.15) is 25.0 Å². The van der Waals surface area contributed by atoms with Crippen LogP contribution in [-0.2, 0) is 6.54 Å². The Morgan fingerprint density at radius 2 is 2.00 bits per heavy atom. The third-order valence-electron chi connectivity index (χ3n) is 1.59. The van der Waals surface area contributed by atoms with Gasteiger partial charge in [0.1, 0.15) is 11.6 Å². The van der Waals surface area contributed by atoms with E-state index in [2.05, 4.69) is 0 Å². The van der Waals surface area contributed by atoms with Crippen molar-refractivity contribution >= 4 is 5.84 Å². The number of nitrogens with two attached hydrogens (primary N) is 2. The summed E-state index contributed by atoms with van der Waals surface area (Å²) in [5, 5.41) is 16.4. The van der Waals surface area contributed by atoms with Gasteiger partial charge in [-0.05, 0) is 17.7 Å². The molecule has 4 nitrogen and oxygen atoms in total. The van der Waals surface area contributed by atoms with Crippen molar-refractivity contribution in [2.24, 2.45) is 11.5 Å². The number of phenols is 1. The molecule has 14 heavy (non-hydrogen) atoms. The molecule has 0 saturated heterocycles. The first-order valence-electron chi connectivity index (χ1n) is 4.51. The molecule has 0 atom stereocenters. The molecule has 0 amide bonds. The summed E-state index contributed by atoms with van der Waals surface area (Å²) in [6.07, 6.45) is 0. The molecule has 0 bridgehead atoms. The fraction of sp³-hybridized carbons (Fsp3) is 0.300. The molecule has 0 heterocycles. The van der Waals surface area contributed by atoms with Gasteiger partial charge < -0.3 is 16.6 Å². The summed E-state index contributed by atoms with van der Waals surface area (Å²) in [6, 6.07) is 4.83. The molecular weight excluding hydrogens is 178 g/mol. The van der Waals surface area contributed by atoms with E-state index >= 15 is 0 Å². The average Bonchev–Trinajstić information content (AvgIpc) is 2.20. The maximum absolute atomic E-state index is 9.32. The molecule has 4 heteroatoms. The number of benzene rings is 1. The highest BCUT2D eigenvalue weighted by Gasteiger charge is 2.03. The number of nitrogens with one attached hydrogen (secondary N) is 1. The predicted octanol–water partition coefficient (Wildman–Crippen LogP) is 1.16. The van der Waals surface area contributed by atoms with Crippen molar-refractivity contribution < 1.29 is 5.11 Å². The van der Waals surface area contributed by atoms with Gasteiger partial charge in [0.15, 0.2) is 0 Å². The summed E-state index contributed by atoms with van der Waals surface area (Å²) in [5.74, 6) is -0.137. The maximum Gasteiger partial charge on any atom is 0.126 e. The largest absolute Gasteiger partial charge is 0.507 e. The Labute approximate surface area is 84.1 Å². The number of rotatable bonds is 2. The summed E-state index contributed by atoms with van der Waals surface area (Å²) in [6.45, 7) is 4.37. The molecular formula is C10H17N3O. The lowest BCUT2D eigenvalue weighted by atomic mass is 10.1.